The standard InChI is InChI=1S/C19H25N5O4/c1-11(2)20-18-21-16-15(17(26)22-19(27)23(16)4)24(18)9-13(25)10-28-14-7-5-6-12(3)8-14/h5-8,11,13,25H,9-10H2,1-4H3,(H,20,21)(H,22,26,27). The number of aromatic amines is 1. The van der Waals surface area contributed by atoms with E-state index in [0.29, 0.717) is 11.7 Å². The maximum absolute atomic E-state index is 12.4. The van der Waals surface area contributed by atoms with Crippen molar-refractivity contribution < 1.29 is 9.84 Å². The van der Waals surface area contributed by atoms with Crippen LogP contribution in [0.4, 0.5) is 5.95 Å². The van der Waals surface area contributed by atoms with Gasteiger partial charge in [0.1, 0.15) is 18.5 Å². The van der Waals surface area contributed by atoms with Crippen molar-refractivity contribution in [1.29, 1.82) is 0 Å². The molecule has 0 aliphatic carbocycles. The Morgan fingerprint density at radius 3 is 2.75 bits per heavy atom. The van der Waals surface area contributed by atoms with Gasteiger partial charge in [-0.2, -0.15) is 4.98 Å². The Morgan fingerprint density at radius 1 is 1.32 bits per heavy atom. The van der Waals surface area contributed by atoms with E-state index < -0.39 is 17.4 Å². The summed E-state index contributed by atoms with van der Waals surface area (Å²) in [5, 5.41) is 13.7. The quantitative estimate of drug-likeness (QED) is 0.557. The Hall–Kier alpha value is -3.07. The summed E-state index contributed by atoms with van der Waals surface area (Å²) in [7, 11) is 1.54. The molecule has 28 heavy (non-hydrogen) atoms. The fourth-order valence-electron chi connectivity index (χ4n) is 2.94. The molecule has 1 aromatic carbocycles. The predicted octanol–water partition coefficient (Wildman–Crippen LogP) is 0.992. The minimum atomic E-state index is -0.887. The third-order valence-corrected chi connectivity index (χ3v) is 4.25. The van der Waals surface area contributed by atoms with Gasteiger partial charge in [-0.15, -0.1) is 0 Å². The van der Waals surface area contributed by atoms with Gasteiger partial charge in [0.25, 0.3) is 5.56 Å². The van der Waals surface area contributed by atoms with Crippen molar-refractivity contribution in [2.75, 3.05) is 11.9 Å². The molecule has 2 aromatic heterocycles. The molecule has 9 nitrogen and oxygen atoms in total. The number of nitrogens with one attached hydrogen (secondary N) is 2. The maximum Gasteiger partial charge on any atom is 0.329 e. The lowest BCUT2D eigenvalue weighted by atomic mass is 10.2. The molecule has 0 saturated heterocycles. The smallest absolute Gasteiger partial charge is 0.329 e. The van der Waals surface area contributed by atoms with Crippen LogP contribution in [0.1, 0.15) is 19.4 Å². The molecule has 0 aliphatic heterocycles. The van der Waals surface area contributed by atoms with Gasteiger partial charge in [0.05, 0.1) is 6.54 Å². The Balaban J connectivity index is 1.91. The van der Waals surface area contributed by atoms with Gasteiger partial charge in [0.2, 0.25) is 5.95 Å². The van der Waals surface area contributed by atoms with Crippen molar-refractivity contribution in [3.8, 4) is 5.75 Å². The molecule has 0 aliphatic rings. The lowest BCUT2D eigenvalue weighted by molar-refractivity contribution is 0.0938. The number of aliphatic hydroxyl groups is 1. The third-order valence-electron chi connectivity index (χ3n) is 4.25. The Labute approximate surface area is 161 Å². The first-order chi connectivity index (χ1) is 13.3. The van der Waals surface area contributed by atoms with Crippen LogP contribution in [0.3, 0.4) is 0 Å². The lowest BCUT2D eigenvalue weighted by Crippen LogP contribution is -2.31. The van der Waals surface area contributed by atoms with E-state index in [1.54, 1.807) is 4.57 Å². The first-order valence-corrected chi connectivity index (χ1v) is 9.10. The van der Waals surface area contributed by atoms with Gasteiger partial charge in [-0.05, 0) is 38.5 Å². The summed E-state index contributed by atoms with van der Waals surface area (Å²) in [5.74, 6) is 1.07. The van der Waals surface area contributed by atoms with Crippen LogP contribution in [-0.4, -0.2) is 43.0 Å². The highest BCUT2D eigenvalue weighted by molar-refractivity contribution is 5.74. The van der Waals surface area contributed by atoms with Crippen molar-refractivity contribution in [2.45, 2.75) is 39.5 Å². The van der Waals surface area contributed by atoms with Crippen LogP contribution in [0.25, 0.3) is 11.2 Å². The number of anilines is 1. The highest BCUT2D eigenvalue weighted by atomic mass is 16.5. The van der Waals surface area contributed by atoms with Gasteiger partial charge in [-0.25, -0.2) is 4.79 Å². The fraction of sp³-hybridized carbons (Fsp3) is 0.421. The van der Waals surface area contributed by atoms with Gasteiger partial charge < -0.3 is 19.7 Å². The monoisotopic (exact) mass is 387 g/mol. The minimum absolute atomic E-state index is 0.0485. The van der Waals surface area contributed by atoms with Gasteiger partial charge in [-0.1, -0.05) is 12.1 Å². The molecule has 150 valence electrons. The van der Waals surface area contributed by atoms with Crippen molar-refractivity contribution in [3.05, 3.63) is 50.7 Å². The third kappa shape index (κ3) is 4.09. The second kappa shape index (κ2) is 7.89. The normalized spacial score (nSPS) is 12.5. The van der Waals surface area contributed by atoms with E-state index in [0.717, 1.165) is 5.56 Å². The Morgan fingerprint density at radius 2 is 2.07 bits per heavy atom. The van der Waals surface area contributed by atoms with Crippen molar-refractivity contribution in [3.63, 3.8) is 0 Å². The molecule has 0 radical (unpaired) electrons. The lowest BCUT2D eigenvalue weighted by Gasteiger charge is -2.17. The summed E-state index contributed by atoms with van der Waals surface area (Å²) in [6.45, 7) is 5.96. The van der Waals surface area contributed by atoms with Crippen LogP contribution in [0.5, 0.6) is 5.75 Å². The van der Waals surface area contributed by atoms with Crippen LogP contribution in [0.2, 0.25) is 0 Å². The van der Waals surface area contributed by atoms with E-state index in [9.17, 15) is 14.7 Å². The average Bonchev–Trinajstić information content (AvgIpc) is 2.96. The molecule has 1 unspecified atom stereocenters. The molecule has 0 saturated carbocycles. The fourth-order valence-corrected chi connectivity index (χ4v) is 2.94. The number of H-pyrrole nitrogens is 1. The van der Waals surface area contributed by atoms with Crippen LogP contribution in [0.15, 0.2) is 33.9 Å². The number of rotatable bonds is 7. The van der Waals surface area contributed by atoms with Gasteiger partial charge in [-0.3, -0.25) is 14.3 Å². The highest BCUT2D eigenvalue weighted by Gasteiger charge is 2.20. The van der Waals surface area contributed by atoms with E-state index >= 15 is 0 Å². The van der Waals surface area contributed by atoms with Crippen LogP contribution < -0.4 is 21.3 Å². The molecule has 3 N–H and O–H groups in total. The van der Waals surface area contributed by atoms with E-state index in [1.807, 2.05) is 45.0 Å². The Bertz CT molecular complexity index is 1100. The zero-order valence-corrected chi connectivity index (χ0v) is 16.4. The van der Waals surface area contributed by atoms with Crippen molar-refractivity contribution >= 4 is 17.1 Å². The molecule has 2 heterocycles. The molecular formula is C19H25N5O4. The first-order valence-electron chi connectivity index (χ1n) is 9.10. The zero-order chi connectivity index (χ0) is 20.4. The van der Waals surface area contributed by atoms with E-state index in [4.69, 9.17) is 4.74 Å². The highest BCUT2D eigenvalue weighted by Crippen LogP contribution is 2.18. The number of fused-ring (bicyclic) bond motifs is 1. The summed E-state index contributed by atoms with van der Waals surface area (Å²) in [5.41, 5.74) is 0.447. The van der Waals surface area contributed by atoms with E-state index in [1.165, 1.54) is 11.6 Å². The minimum Gasteiger partial charge on any atom is -0.491 e. The number of aliphatic hydroxyl groups excluding tert-OH is 1. The average molecular weight is 387 g/mol. The topological polar surface area (TPSA) is 114 Å². The number of hydrogen-bond acceptors (Lipinski definition) is 6. The molecule has 0 spiro atoms. The molecule has 3 aromatic rings. The van der Waals surface area contributed by atoms with Gasteiger partial charge >= 0.3 is 5.69 Å². The second-order valence-electron chi connectivity index (χ2n) is 7.12. The van der Waals surface area contributed by atoms with E-state index in [2.05, 4.69) is 15.3 Å². The molecule has 9 heteroatoms. The molecule has 0 fully saturated rings. The summed E-state index contributed by atoms with van der Waals surface area (Å²) in [6, 6.07) is 7.59. The van der Waals surface area contributed by atoms with Crippen LogP contribution in [-0.2, 0) is 13.6 Å². The number of ether oxygens (including phenoxy) is 1. The summed E-state index contributed by atoms with van der Waals surface area (Å²) < 4.78 is 8.51. The van der Waals surface area contributed by atoms with Gasteiger partial charge in [0.15, 0.2) is 11.2 Å². The Kier molecular flexibility index (Phi) is 5.55. The summed E-state index contributed by atoms with van der Waals surface area (Å²) >= 11 is 0. The van der Waals surface area contributed by atoms with Gasteiger partial charge in [0, 0.05) is 13.1 Å². The number of hydrogen-bond donors (Lipinski definition) is 3. The summed E-state index contributed by atoms with van der Waals surface area (Å²) in [4.78, 5) is 30.9. The number of benzene rings is 1. The SMILES string of the molecule is Cc1cccc(OCC(O)Cn2c(NC(C)C)nc3c2c(=O)[nH]c(=O)n3C)c1. The number of imidazole rings is 1. The maximum atomic E-state index is 12.4. The second-order valence-corrected chi connectivity index (χ2v) is 7.12. The molecule has 1 atom stereocenters. The largest absolute Gasteiger partial charge is 0.491 e. The van der Waals surface area contributed by atoms with Crippen LogP contribution >= 0.6 is 0 Å². The molecular weight excluding hydrogens is 362 g/mol. The summed E-state index contributed by atoms with van der Waals surface area (Å²) in [6.07, 6.45) is -0.887. The first kappa shape index (κ1) is 19.7. The number of aryl methyl sites for hydroxylation is 2. The predicted molar refractivity (Wildman–Crippen MR) is 107 cm³/mol. The van der Waals surface area contributed by atoms with Crippen LogP contribution in [0, 0.1) is 6.92 Å². The van der Waals surface area contributed by atoms with Crippen molar-refractivity contribution in [1.82, 2.24) is 19.1 Å². The molecule has 0 bridgehead atoms. The number of nitrogens with zero attached hydrogens (tertiary/aromatic N) is 3. The molecule has 0 amide bonds. The zero-order valence-electron chi connectivity index (χ0n) is 16.4. The number of aromatic nitrogens is 4. The van der Waals surface area contributed by atoms with E-state index in [-0.39, 0.29) is 30.4 Å². The van der Waals surface area contributed by atoms with Crippen molar-refractivity contribution in [2.24, 2.45) is 7.05 Å². The molecule has 3 rings (SSSR count).